The molecular formula is C12H11N3O3S. The molecule has 6 nitrogen and oxygen atoms in total. The van der Waals surface area contributed by atoms with E-state index in [0.717, 1.165) is 10.4 Å². The number of carbonyl (C=O) groups is 1. The van der Waals surface area contributed by atoms with Crippen molar-refractivity contribution in [2.24, 2.45) is 0 Å². The number of nitrogens with two attached hydrogens (primary N) is 1. The van der Waals surface area contributed by atoms with Crippen LogP contribution in [0.15, 0.2) is 30.3 Å². The van der Waals surface area contributed by atoms with Gasteiger partial charge < -0.3 is 11.1 Å². The van der Waals surface area contributed by atoms with Crippen LogP contribution >= 0.6 is 11.3 Å². The molecule has 0 fully saturated rings. The lowest BCUT2D eigenvalue weighted by molar-refractivity contribution is -0.384. The summed E-state index contributed by atoms with van der Waals surface area (Å²) in [5.41, 5.74) is 6.99. The predicted octanol–water partition coefficient (Wildman–Crippen LogP) is 2.27. The first kappa shape index (κ1) is 13.0. The van der Waals surface area contributed by atoms with Gasteiger partial charge in [-0.25, -0.2) is 0 Å². The first-order valence-corrected chi connectivity index (χ1v) is 6.21. The van der Waals surface area contributed by atoms with Crippen LogP contribution in [-0.2, 0) is 0 Å². The van der Waals surface area contributed by atoms with Gasteiger partial charge in [0.25, 0.3) is 11.6 Å². The molecule has 3 N–H and O–H groups in total. The third kappa shape index (κ3) is 2.55. The first-order valence-electron chi connectivity index (χ1n) is 5.39. The van der Waals surface area contributed by atoms with E-state index in [1.807, 2.05) is 0 Å². The fourth-order valence-electron chi connectivity index (χ4n) is 1.59. The van der Waals surface area contributed by atoms with Crippen LogP contribution in [0.25, 0.3) is 10.4 Å². The number of hydrogen-bond donors (Lipinski definition) is 2. The van der Waals surface area contributed by atoms with Crippen molar-refractivity contribution in [1.29, 1.82) is 0 Å². The minimum absolute atomic E-state index is 0.0276. The van der Waals surface area contributed by atoms with Crippen molar-refractivity contribution >= 4 is 28.6 Å². The summed E-state index contributed by atoms with van der Waals surface area (Å²) >= 11 is 1.25. The van der Waals surface area contributed by atoms with Crippen LogP contribution in [-0.4, -0.2) is 17.9 Å². The largest absolute Gasteiger partial charge is 0.397 e. The molecule has 1 aromatic heterocycles. The van der Waals surface area contributed by atoms with Crippen LogP contribution < -0.4 is 11.1 Å². The number of nitro groups is 1. The second kappa shape index (κ2) is 5.07. The quantitative estimate of drug-likeness (QED) is 0.664. The van der Waals surface area contributed by atoms with Gasteiger partial charge in [0.2, 0.25) is 0 Å². The molecule has 0 bridgehead atoms. The van der Waals surface area contributed by atoms with E-state index in [4.69, 9.17) is 5.73 Å². The van der Waals surface area contributed by atoms with Crippen LogP contribution in [0.2, 0.25) is 0 Å². The van der Waals surface area contributed by atoms with Gasteiger partial charge in [-0.05, 0) is 23.8 Å². The molecule has 0 aliphatic rings. The molecule has 0 spiro atoms. The van der Waals surface area contributed by atoms with Crippen LogP contribution in [0, 0.1) is 10.1 Å². The highest BCUT2D eigenvalue weighted by molar-refractivity contribution is 7.18. The zero-order valence-electron chi connectivity index (χ0n) is 10.0. The van der Waals surface area contributed by atoms with Gasteiger partial charge in [0.05, 0.1) is 10.6 Å². The van der Waals surface area contributed by atoms with E-state index in [1.165, 1.54) is 30.5 Å². The second-order valence-corrected chi connectivity index (χ2v) is 4.83. The lowest BCUT2D eigenvalue weighted by atomic mass is 10.1. The summed E-state index contributed by atoms with van der Waals surface area (Å²) in [6, 6.07) is 7.81. The number of anilines is 1. The van der Waals surface area contributed by atoms with Gasteiger partial charge >= 0.3 is 0 Å². The lowest BCUT2D eigenvalue weighted by Crippen LogP contribution is -2.17. The minimum atomic E-state index is -0.456. The average Bonchev–Trinajstić information content (AvgIpc) is 2.80. The van der Waals surface area contributed by atoms with Gasteiger partial charge in [-0.3, -0.25) is 14.9 Å². The molecule has 7 heteroatoms. The maximum Gasteiger partial charge on any atom is 0.269 e. The van der Waals surface area contributed by atoms with Crippen molar-refractivity contribution in [1.82, 2.24) is 5.32 Å². The van der Waals surface area contributed by atoms with Gasteiger partial charge in [0.15, 0.2) is 0 Å². The highest BCUT2D eigenvalue weighted by Crippen LogP contribution is 2.33. The Morgan fingerprint density at radius 2 is 2.00 bits per heavy atom. The molecule has 2 rings (SSSR count). The number of nitro benzene ring substituents is 1. The molecule has 0 saturated heterocycles. The maximum absolute atomic E-state index is 11.6. The zero-order valence-corrected chi connectivity index (χ0v) is 10.9. The van der Waals surface area contributed by atoms with E-state index in [0.29, 0.717) is 10.6 Å². The average molecular weight is 277 g/mol. The molecule has 1 aromatic carbocycles. The third-order valence-electron chi connectivity index (χ3n) is 2.56. The van der Waals surface area contributed by atoms with E-state index < -0.39 is 4.92 Å². The number of hydrogen-bond acceptors (Lipinski definition) is 5. The Morgan fingerprint density at radius 3 is 2.53 bits per heavy atom. The molecule has 0 unspecified atom stereocenters. The van der Waals surface area contributed by atoms with E-state index in [-0.39, 0.29) is 11.6 Å². The summed E-state index contributed by atoms with van der Waals surface area (Å²) in [7, 11) is 1.53. The van der Waals surface area contributed by atoms with Crippen molar-refractivity contribution < 1.29 is 9.72 Å². The predicted molar refractivity (Wildman–Crippen MR) is 74.2 cm³/mol. The van der Waals surface area contributed by atoms with E-state index in [2.05, 4.69) is 5.32 Å². The first-order chi connectivity index (χ1) is 9.02. The summed E-state index contributed by atoms with van der Waals surface area (Å²) in [4.78, 5) is 22.9. The van der Waals surface area contributed by atoms with Crippen LogP contribution in [0.3, 0.4) is 0 Å². The third-order valence-corrected chi connectivity index (χ3v) is 3.76. The molecule has 0 atom stereocenters. The Labute approximate surface area is 113 Å². The summed E-state index contributed by atoms with van der Waals surface area (Å²) in [6.45, 7) is 0. The number of nitrogens with zero attached hydrogens (tertiary/aromatic N) is 1. The number of thiophene rings is 1. The zero-order chi connectivity index (χ0) is 14.0. The molecule has 0 radical (unpaired) electrons. The van der Waals surface area contributed by atoms with Crippen molar-refractivity contribution in [2.45, 2.75) is 0 Å². The summed E-state index contributed by atoms with van der Waals surface area (Å²) in [5.74, 6) is -0.240. The van der Waals surface area contributed by atoms with Gasteiger partial charge in [-0.2, -0.15) is 0 Å². The normalized spacial score (nSPS) is 10.2. The summed E-state index contributed by atoms with van der Waals surface area (Å²) in [5, 5.41) is 13.1. The Morgan fingerprint density at radius 1 is 1.37 bits per heavy atom. The number of non-ortho nitro benzene ring substituents is 1. The number of carbonyl (C=O) groups excluding carboxylic acids is 1. The molecule has 0 aliphatic heterocycles. The number of nitrogen functional groups attached to an aromatic ring is 1. The highest BCUT2D eigenvalue weighted by Gasteiger charge is 2.14. The summed E-state index contributed by atoms with van der Waals surface area (Å²) < 4.78 is 0. The Balaban J connectivity index is 2.37. The molecule has 98 valence electrons. The Kier molecular flexibility index (Phi) is 3.48. The van der Waals surface area contributed by atoms with Gasteiger partial charge in [-0.15, -0.1) is 11.3 Å². The van der Waals surface area contributed by atoms with Gasteiger partial charge in [0.1, 0.15) is 4.88 Å². The van der Waals surface area contributed by atoms with Crippen molar-refractivity contribution in [3.63, 3.8) is 0 Å². The van der Waals surface area contributed by atoms with Crippen molar-refractivity contribution in [2.75, 3.05) is 12.8 Å². The molecule has 0 saturated carbocycles. The van der Waals surface area contributed by atoms with Crippen molar-refractivity contribution in [3.8, 4) is 10.4 Å². The van der Waals surface area contributed by atoms with E-state index in [1.54, 1.807) is 18.2 Å². The number of nitrogens with one attached hydrogen (secondary N) is 1. The van der Waals surface area contributed by atoms with Crippen LogP contribution in [0.5, 0.6) is 0 Å². The molecule has 19 heavy (non-hydrogen) atoms. The smallest absolute Gasteiger partial charge is 0.269 e. The van der Waals surface area contributed by atoms with Crippen LogP contribution in [0.4, 0.5) is 11.4 Å². The Hall–Kier alpha value is -2.41. The lowest BCUT2D eigenvalue weighted by Gasteiger charge is -1.97. The summed E-state index contributed by atoms with van der Waals surface area (Å²) in [6.07, 6.45) is 0. The maximum atomic E-state index is 11.6. The fourth-order valence-corrected chi connectivity index (χ4v) is 2.62. The molecular weight excluding hydrogens is 266 g/mol. The number of amides is 1. The second-order valence-electron chi connectivity index (χ2n) is 3.78. The SMILES string of the molecule is CNC(=O)c1sc(-c2ccc([N+](=O)[O-])cc2)cc1N. The minimum Gasteiger partial charge on any atom is -0.397 e. The molecule has 0 aliphatic carbocycles. The standard InChI is InChI=1S/C12H11N3O3S/c1-14-12(16)11-9(13)6-10(19-11)7-2-4-8(5-3-7)15(17)18/h2-6H,13H2,1H3,(H,14,16). The molecule has 2 aromatic rings. The van der Waals surface area contributed by atoms with E-state index in [9.17, 15) is 14.9 Å². The van der Waals surface area contributed by atoms with Gasteiger partial charge in [0, 0.05) is 24.1 Å². The van der Waals surface area contributed by atoms with Crippen molar-refractivity contribution in [3.05, 3.63) is 45.3 Å². The highest BCUT2D eigenvalue weighted by atomic mass is 32.1. The van der Waals surface area contributed by atoms with E-state index >= 15 is 0 Å². The molecule has 1 amide bonds. The molecule has 1 heterocycles. The Bertz CT molecular complexity index is 634. The number of rotatable bonds is 3. The monoisotopic (exact) mass is 277 g/mol. The van der Waals surface area contributed by atoms with Crippen LogP contribution in [0.1, 0.15) is 9.67 Å². The van der Waals surface area contributed by atoms with Gasteiger partial charge in [-0.1, -0.05) is 0 Å². The number of benzene rings is 1. The topological polar surface area (TPSA) is 98.3 Å². The fraction of sp³-hybridized carbons (Fsp3) is 0.0833.